The number of nitrogens with one attached hydrogen (secondary N) is 1. The van der Waals surface area contributed by atoms with E-state index in [4.69, 9.17) is 9.72 Å². The second kappa shape index (κ2) is 5.54. The minimum Gasteiger partial charge on any atom is -0.371 e. The Morgan fingerprint density at radius 2 is 1.95 bits per heavy atom. The standard InChI is InChI=1S/C16H26N4O/c1-11-12(8-18-16(2,3)4)7-17-15(19-11)20-9-13-5-6-14(10-20)21-13/h7,13-14,18H,5-6,8-10H2,1-4H3. The van der Waals surface area contributed by atoms with E-state index in [1.165, 1.54) is 18.4 Å². The average Bonchev–Trinajstić information content (AvgIpc) is 2.75. The molecule has 5 heteroatoms. The van der Waals surface area contributed by atoms with Crippen LogP contribution >= 0.6 is 0 Å². The summed E-state index contributed by atoms with van der Waals surface area (Å²) in [6, 6.07) is 0. The highest BCUT2D eigenvalue weighted by molar-refractivity contribution is 5.34. The van der Waals surface area contributed by atoms with Gasteiger partial charge in [0.05, 0.1) is 12.2 Å². The first-order valence-corrected chi connectivity index (χ1v) is 7.89. The zero-order valence-electron chi connectivity index (χ0n) is 13.5. The highest BCUT2D eigenvalue weighted by Gasteiger charge is 2.34. The average molecular weight is 290 g/mol. The number of hydrogen-bond acceptors (Lipinski definition) is 5. The molecule has 1 N–H and O–H groups in total. The second-order valence-electron chi connectivity index (χ2n) is 7.25. The van der Waals surface area contributed by atoms with Crippen LogP contribution in [0, 0.1) is 6.92 Å². The van der Waals surface area contributed by atoms with Crippen molar-refractivity contribution in [1.29, 1.82) is 0 Å². The second-order valence-corrected chi connectivity index (χ2v) is 7.25. The molecule has 0 saturated carbocycles. The molecule has 3 rings (SSSR count). The third kappa shape index (κ3) is 3.52. The fraction of sp³-hybridized carbons (Fsp3) is 0.750. The summed E-state index contributed by atoms with van der Waals surface area (Å²) < 4.78 is 5.87. The predicted octanol–water partition coefficient (Wildman–Crippen LogP) is 2.04. The maximum atomic E-state index is 5.87. The lowest BCUT2D eigenvalue weighted by atomic mass is 10.1. The van der Waals surface area contributed by atoms with Crippen molar-refractivity contribution in [2.75, 3.05) is 18.0 Å². The molecule has 2 bridgehead atoms. The van der Waals surface area contributed by atoms with Gasteiger partial charge in [-0.05, 0) is 40.5 Å². The maximum Gasteiger partial charge on any atom is 0.225 e. The molecular formula is C16H26N4O. The van der Waals surface area contributed by atoms with E-state index < -0.39 is 0 Å². The Bertz CT molecular complexity index is 499. The minimum absolute atomic E-state index is 0.106. The molecule has 0 aromatic carbocycles. The predicted molar refractivity (Wildman–Crippen MR) is 83.5 cm³/mol. The molecule has 2 aliphatic heterocycles. The van der Waals surface area contributed by atoms with Crippen LogP contribution in [0.1, 0.15) is 44.9 Å². The fourth-order valence-electron chi connectivity index (χ4n) is 2.94. The lowest BCUT2D eigenvalue weighted by Gasteiger charge is -2.32. The van der Waals surface area contributed by atoms with Crippen LogP contribution < -0.4 is 10.2 Å². The van der Waals surface area contributed by atoms with E-state index in [1.807, 2.05) is 6.20 Å². The summed E-state index contributed by atoms with van der Waals surface area (Å²) in [6.45, 7) is 11.2. The molecule has 2 fully saturated rings. The van der Waals surface area contributed by atoms with E-state index in [9.17, 15) is 0 Å². The molecule has 2 atom stereocenters. The molecule has 21 heavy (non-hydrogen) atoms. The van der Waals surface area contributed by atoms with Crippen molar-refractivity contribution < 1.29 is 4.74 Å². The monoisotopic (exact) mass is 290 g/mol. The Hall–Kier alpha value is -1.20. The van der Waals surface area contributed by atoms with Gasteiger partial charge in [0.15, 0.2) is 0 Å². The van der Waals surface area contributed by atoms with E-state index in [0.29, 0.717) is 12.2 Å². The van der Waals surface area contributed by atoms with Gasteiger partial charge in [0.25, 0.3) is 0 Å². The van der Waals surface area contributed by atoms with Crippen LogP contribution in [0.15, 0.2) is 6.20 Å². The van der Waals surface area contributed by atoms with E-state index in [2.05, 4.69) is 42.9 Å². The van der Waals surface area contributed by atoms with Gasteiger partial charge in [-0.15, -0.1) is 0 Å². The normalized spacial score (nSPS) is 25.4. The number of aryl methyl sites for hydroxylation is 1. The number of aromatic nitrogens is 2. The molecule has 2 unspecified atom stereocenters. The van der Waals surface area contributed by atoms with E-state index in [-0.39, 0.29) is 5.54 Å². The molecule has 0 radical (unpaired) electrons. The Morgan fingerprint density at radius 3 is 2.52 bits per heavy atom. The first-order chi connectivity index (χ1) is 9.90. The van der Waals surface area contributed by atoms with Crippen LogP contribution in [-0.2, 0) is 11.3 Å². The number of fused-ring (bicyclic) bond motifs is 2. The molecule has 1 aromatic rings. The summed E-state index contributed by atoms with van der Waals surface area (Å²) in [4.78, 5) is 11.6. The minimum atomic E-state index is 0.106. The van der Waals surface area contributed by atoms with Crippen LogP contribution in [0.2, 0.25) is 0 Å². The lowest BCUT2D eigenvalue weighted by Crippen LogP contribution is -2.43. The van der Waals surface area contributed by atoms with Crippen LogP contribution in [0.4, 0.5) is 5.95 Å². The van der Waals surface area contributed by atoms with E-state index >= 15 is 0 Å². The Kier molecular flexibility index (Phi) is 3.88. The lowest BCUT2D eigenvalue weighted by molar-refractivity contribution is 0.0299. The molecule has 0 amide bonds. The molecule has 5 nitrogen and oxygen atoms in total. The first kappa shape index (κ1) is 14.7. The van der Waals surface area contributed by atoms with Gasteiger partial charge in [-0.25, -0.2) is 9.97 Å². The Labute approximate surface area is 127 Å². The molecule has 3 heterocycles. The quantitative estimate of drug-likeness (QED) is 0.923. The van der Waals surface area contributed by atoms with Crippen LogP contribution in [0.3, 0.4) is 0 Å². The molecule has 2 aliphatic rings. The van der Waals surface area contributed by atoms with Crippen molar-refractivity contribution in [3.8, 4) is 0 Å². The highest BCUT2D eigenvalue weighted by atomic mass is 16.5. The summed E-state index contributed by atoms with van der Waals surface area (Å²) in [5.74, 6) is 0.854. The van der Waals surface area contributed by atoms with Gasteiger partial charge in [0, 0.05) is 42.6 Å². The summed E-state index contributed by atoms with van der Waals surface area (Å²) in [6.07, 6.45) is 5.06. The molecule has 0 spiro atoms. The maximum absolute atomic E-state index is 5.87. The number of hydrogen-bond donors (Lipinski definition) is 1. The fourth-order valence-corrected chi connectivity index (χ4v) is 2.94. The number of anilines is 1. The van der Waals surface area contributed by atoms with Crippen molar-refractivity contribution in [3.63, 3.8) is 0 Å². The van der Waals surface area contributed by atoms with Crippen molar-refractivity contribution in [3.05, 3.63) is 17.5 Å². The largest absolute Gasteiger partial charge is 0.371 e. The third-order valence-corrected chi connectivity index (χ3v) is 4.20. The topological polar surface area (TPSA) is 50.3 Å². The summed E-state index contributed by atoms with van der Waals surface area (Å²) >= 11 is 0. The Morgan fingerprint density at radius 1 is 1.29 bits per heavy atom. The summed E-state index contributed by atoms with van der Waals surface area (Å²) in [5.41, 5.74) is 2.34. The summed E-state index contributed by atoms with van der Waals surface area (Å²) in [5, 5.41) is 3.49. The number of nitrogens with zero attached hydrogens (tertiary/aromatic N) is 3. The van der Waals surface area contributed by atoms with Crippen molar-refractivity contribution in [2.45, 2.75) is 64.8 Å². The zero-order valence-corrected chi connectivity index (χ0v) is 13.5. The van der Waals surface area contributed by atoms with Crippen LogP contribution in [-0.4, -0.2) is 40.8 Å². The Balaban J connectivity index is 1.69. The van der Waals surface area contributed by atoms with Gasteiger partial charge in [-0.2, -0.15) is 0 Å². The SMILES string of the molecule is Cc1nc(N2CC3CCC(C2)O3)ncc1CNC(C)(C)C. The van der Waals surface area contributed by atoms with Gasteiger partial charge in [-0.1, -0.05) is 0 Å². The van der Waals surface area contributed by atoms with Gasteiger partial charge < -0.3 is 15.0 Å². The van der Waals surface area contributed by atoms with Crippen molar-refractivity contribution >= 4 is 5.95 Å². The molecule has 0 aliphatic carbocycles. The smallest absolute Gasteiger partial charge is 0.225 e. The van der Waals surface area contributed by atoms with Crippen molar-refractivity contribution in [2.24, 2.45) is 0 Å². The van der Waals surface area contributed by atoms with E-state index in [1.54, 1.807) is 0 Å². The van der Waals surface area contributed by atoms with Gasteiger partial charge in [0.1, 0.15) is 0 Å². The molecular weight excluding hydrogens is 264 g/mol. The first-order valence-electron chi connectivity index (χ1n) is 7.89. The third-order valence-electron chi connectivity index (χ3n) is 4.20. The number of ether oxygens (including phenoxy) is 1. The summed E-state index contributed by atoms with van der Waals surface area (Å²) in [7, 11) is 0. The molecule has 1 aromatic heterocycles. The van der Waals surface area contributed by atoms with Crippen molar-refractivity contribution in [1.82, 2.24) is 15.3 Å². The van der Waals surface area contributed by atoms with Gasteiger partial charge >= 0.3 is 0 Å². The van der Waals surface area contributed by atoms with Gasteiger partial charge in [-0.3, -0.25) is 0 Å². The zero-order chi connectivity index (χ0) is 15.0. The van der Waals surface area contributed by atoms with E-state index in [0.717, 1.165) is 31.3 Å². The van der Waals surface area contributed by atoms with Crippen LogP contribution in [0.25, 0.3) is 0 Å². The molecule has 116 valence electrons. The molecule has 2 saturated heterocycles. The van der Waals surface area contributed by atoms with Gasteiger partial charge in [0.2, 0.25) is 5.95 Å². The van der Waals surface area contributed by atoms with Crippen LogP contribution in [0.5, 0.6) is 0 Å². The number of rotatable bonds is 3. The highest BCUT2D eigenvalue weighted by Crippen LogP contribution is 2.28. The number of morpholine rings is 1.